The zero-order valence-corrected chi connectivity index (χ0v) is 21.1. The van der Waals surface area contributed by atoms with Crippen LogP contribution in [-0.4, -0.2) is 24.7 Å². The van der Waals surface area contributed by atoms with Crippen molar-refractivity contribution in [1.29, 1.82) is 0 Å². The van der Waals surface area contributed by atoms with Gasteiger partial charge in [-0.25, -0.2) is 0 Å². The molecule has 0 saturated heterocycles. The Hall–Kier alpha value is -2.10. The quantitative estimate of drug-likeness (QED) is 0.253. The average Bonchev–Trinajstić information content (AvgIpc) is 3.32. The van der Waals surface area contributed by atoms with Crippen LogP contribution in [0, 0.1) is 0 Å². The van der Waals surface area contributed by atoms with E-state index in [1.54, 1.807) is 21.5 Å². The number of benzene rings is 2. The monoisotopic (exact) mass is 568 g/mol. The van der Waals surface area contributed by atoms with Crippen molar-refractivity contribution in [3.63, 3.8) is 0 Å². The van der Waals surface area contributed by atoms with Gasteiger partial charge in [0.2, 0.25) is 0 Å². The molecule has 2 N–H and O–H groups in total. The van der Waals surface area contributed by atoms with E-state index in [0.717, 1.165) is 15.6 Å². The van der Waals surface area contributed by atoms with E-state index >= 15 is 0 Å². The Morgan fingerprint density at radius 3 is 2.34 bits per heavy atom. The summed E-state index contributed by atoms with van der Waals surface area (Å²) in [5.74, 6) is 1.16. The second-order valence-corrected chi connectivity index (χ2v) is 9.28. The summed E-state index contributed by atoms with van der Waals surface area (Å²) in [6.07, 6.45) is 3.68. The SMILES string of the molecule is S=C(Nc1ccn(Cc2c(Cl)cccc2Cl)n1)Nc1nn(Cc2ccccc2Cl)cc1Br. The normalized spacial score (nSPS) is 10.9. The first-order valence-electron chi connectivity index (χ1n) is 9.40. The molecule has 0 aliphatic heterocycles. The summed E-state index contributed by atoms with van der Waals surface area (Å²) in [7, 11) is 0. The van der Waals surface area contributed by atoms with E-state index in [2.05, 4.69) is 36.8 Å². The van der Waals surface area contributed by atoms with E-state index < -0.39 is 0 Å². The molecule has 2 aromatic heterocycles. The molecule has 0 unspecified atom stereocenters. The molecule has 2 heterocycles. The van der Waals surface area contributed by atoms with Gasteiger partial charge in [-0.05, 0) is 51.9 Å². The first-order valence-corrected chi connectivity index (χ1v) is 11.7. The lowest BCUT2D eigenvalue weighted by Gasteiger charge is -2.08. The molecular weight excluding hydrogens is 555 g/mol. The minimum absolute atomic E-state index is 0.356. The van der Waals surface area contributed by atoms with Crippen LogP contribution in [-0.2, 0) is 13.1 Å². The van der Waals surface area contributed by atoms with Crippen molar-refractivity contribution in [2.45, 2.75) is 13.1 Å². The van der Waals surface area contributed by atoms with Crippen LogP contribution >= 0.6 is 63.0 Å². The van der Waals surface area contributed by atoms with Crippen LogP contribution in [0.5, 0.6) is 0 Å². The molecule has 0 saturated carbocycles. The van der Waals surface area contributed by atoms with Crippen LogP contribution in [0.25, 0.3) is 0 Å². The molecule has 11 heteroatoms. The Morgan fingerprint density at radius 1 is 0.875 bits per heavy atom. The van der Waals surface area contributed by atoms with Gasteiger partial charge >= 0.3 is 0 Å². The highest BCUT2D eigenvalue weighted by atomic mass is 79.9. The molecule has 4 rings (SSSR count). The highest BCUT2D eigenvalue weighted by molar-refractivity contribution is 9.10. The second kappa shape index (κ2) is 10.2. The lowest BCUT2D eigenvalue weighted by atomic mass is 10.2. The van der Waals surface area contributed by atoms with Crippen LogP contribution in [0.3, 0.4) is 0 Å². The number of nitrogens with zero attached hydrogens (tertiary/aromatic N) is 4. The third-order valence-electron chi connectivity index (χ3n) is 4.50. The molecule has 0 aliphatic rings. The summed E-state index contributed by atoms with van der Waals surface area (Å²) in [4.78, 5) is 0. The van der Waals surface area contributed by atoms with Gasteiger partial charge in [-0.15, -0.1) is 0 Å². The number of aromatic nitrogens is 4. The number of rotatable bonds is 6. The second-order valence-electron chi connectivity index (χ2n) is 6.79. The van der Waals surface area contributed by atoms with Crippen molar-refractivity contribution in [3.8, 4) is 0 Å². The van der Waals surface area contributed by atoms with E-state index in [4.69, 9.17) is 47.0 Å². The molecule has 0 radical (unpaired) electrons. The first kappa shape index (κ1) is 23.1. The number of nitrogens with one attached hydrogen (secondary N) is 2. The van der Waals surface area contributed by atoms with E-state index in [1.807, 2.05) is 48.8 Å². The Balaban J connectivity index is 1.38. The fourth-order valence-corrected chi connectivity index (χ4v) is 4.31. The number of hydrogen-bond donors (Lipinski definition) is 2. The van der Waals surface area contributed by atoms with E-state index in [0.29, 0.717) is 44.9 Å². The van der Waals surface area contributed by atoms with Crippen molar-refractivity contribution in [2.24, 2.45) is 0 Å². The van der Waals surface area contributed by atoms with Crippen LogP contribution in [0.4, 0.5) is 11.6 Å². The van der Waals surface area contributed by atoms with E-state index in [-0.39, 0.29) is 0 Å². The van der Waals surface area contributed by atoms with Gasteiger partial charge in [0.15, 0.2) is 16.7 Å². The maximum absolute atomic E-state index is 6.24. The molecule has 32 heavy (non-hydrogen) atoms. The molecule has 0 aliphatic carbocycles. The molecule has 6 nitrogen and oxygen atoms in total. The van der Waals surface area contributed by atoms with Crippen LogP contribution in [0.2, 0.25) is 15.1 Å². The van der Waals surface area contributed by atoms with Gasteiger partial charge in [0.05, 0.1) is 17.6 Å². The number of halogens is 4. The minimum atomic E-state index is 0.356. The summed E-state index contributed by atoms with van der Waals surface area (Å²) >= 11 is 27.7. The maximum Gasteiger partial charge on any atom is 0.177 e. The van der Waals surface area contributed by atoms with Gasteiger partial charge < -0.3 is 10.6 Å². The van der Waals surface area contributed by atoms with Gasteiger partial charge in [0.25, 0.3) is 0 Å². The van der Waals surface area contributed by atoms with Crippen LogP contribution in [0.1, 0.15) is 11.1 Å². The highest BCUT2D eigenvalue weighted by Gasteiger charge is 2.12. The molecule has 164 valence electrons. The molecule has 0 bridgehead atoms. The van der Waals surface area contributed by atoms with Gasteiger partial charge in [-0.3, -0.25) is 9.36 Å². The Kier molecular flexibility index (Phi) is 7.37. The van der Waals surface area contributed by atoms with Crippen molar-refractivity contribution in [1.82, 2.24) is 19.6 Å². The third kappa shape index (κ3) is 5.63. The topological polar surface area (TPSA) is 59.7 Å². The lowest BCUT2D eigenvalue weighted by molar-refractivity contribution is 0.689. The number of hydrogen-bond acceptors (Lipinski definition) is 3. The minimum Gasteiger partial charge on any atom is -0.316 e. The fourth-order valence-electron chi connectivity index (χ4n) is 2.98. The van der Waals surface area contributed by atoms with Crippen LogP contribution < -0.4 is 10.6 Å². The average molecular weight is 571 g/mol. The smallest absolute Gasteiger partial charge is 0.177 e. The largest absolute Gasteiger partial charge is 0.316 e. The Bertz CT molecular complexity index is 1250. The van der Waals surface area contributed by atoms with E-state index in [9.17, 15) is 0 Å². The van der Waals surface area contributed by atoms with Crippen LogP contribution in [0.15, 0.2) is 65.4 Å². The van der Waals surface area contributed by atoms with Gasteiger partial charge in [-0.1, -0.05) is 59.1 Å². The zero-order chi connectivity index (χ0) is 22.7. The number of anilines is 2. The van der Waals surface area contributed by atoms with Gasteiger partial charge in [0.1, 0.15) is 0 Å². The Labute approximate surface area is 213 Å². The van der Waals surface area contributed by atoms with E-state index in [1.165, 1.54) is 0 Å². The summed E-state index contributed by atoms with van der Waals surface area (Å²) in [5.41, 5.74) is 1.78. The summed E-state index contributed by atoms with van der Waals surface area (Å²) in [5, 5.41) is 17.4. The van der Waals surface area contributed by atoms with Crippen molar-refractivity contribution >= 4 is 79.7 Å². The molecule has 0 amide bonds. The zero-order valence-electron chi connectivity index (χ0n) is 16.4. The molecule has 0 spiro atoms. The summed E-state index contributed by atoms with van der Waals surface area (Å²) in [6, 6.07) is 14.9. The summed E-state index contributed by atoms with van der Waals surface area (Å²) in [6.45, 7) is 0.980. The summed E-state index contributed by atoms with van der Waals surface area (Å²) < 4.78 is 4.28. The molecular formula is C21H16BrCl3N6S. The number of thiocarbonyl (C=S) groups is 1. The Morgan fingerprint density at radius 2 is 1.59 bits per heavy atom. The van der Waals surface area contributed by atoms with Crippen molar-refractivity contribution in [2.75, 3.05) is 10.6 Å². The highest BCUT2D eigenvalue weighted by Crippen LogP contribution is 2.25. The molecule has 2 aromatic carbocycles. The van der Waals surface area contributed by atoms with Crippen molar-refractivity contribution in [3.05, 3.63) is 91.6 Å². The van der Waals surface area contributed by atoms with Gasteiger partial charge in [0, 0.05) is 39.1 Å². The first-order chi connectivity index (χ1) is 15.4. The predicted octanol–water partition coefficient (Wildman–Crippen LogP) is 6.71. The molecule has 0 fully saturated rings. The fraction of sp³-hybridized carbons (Fsp3) is 0.0952. The third-order valence-corrected chi connectivity index (χ3v) is 6.36. The molecule has 4 aromatic rings. The van der Waals surface area contributed by atoms with Crippen molar-refractivity contribution < 1.29 is 0 Å². The van der Waals surface area contributed by atoms with Gasteiger partial charge in [-0.2, -0.15) is 10.2 Å². The standard InChI is InChI=1S/C21H16BrCl3N6S/c22-15-12-31(10-13-4-1-2-5-16(13)23)29-20(15)27-21(32)26-19-8-9-30(28-19)11-14-17(24)6-3-7-18(14)25/h1-9,12H,10-11H2,(H2,26,27,28,29,32). The predicted molar refractivity (Wildman–Crippen MR) is 138 cm³/mol. The lowest BCUT2D eigenvalue weighted by Crippen LogP contribution is -2.20. The maximum atomic E-state index is 6.24. The molecule has 0 atom stereocenters.